The highest BCUT2D eigenvalue weighted by atomic mass is 35.5. The van der Waals surface area contributed by atoms with Gasteiger partial charge in [-0.1, -0.05) is 24.6 Å². The smallest absolute Gasteiger partial charge is 0.242 e. The first kappa shape index (κ1) is 17.8. The fourth-order valence-corrected chi connectivity index (χ4v) is 4.14. The van der Waals surface area contributed by atoms with E-state index in [1.54, 1.807) is 23.9 Å². The standard InChI is InChI=1S/C13H21ClN2O2S2/c1-10(9-19-3)7-16-20(17,18)13-6-11(8-15-2)4-5-12(13)14/h4-6,10,15-16H,7-9H2,1-3H3. The summed E-state index contributed by atoms with van der Waals surface area (Å²) in [5.74, 6) is 1.19. The van der Waals surface area contributed by atoms with Gasteiger partial charge < -0.3 is 5.32 Å². The van der Waals surface area contributed by atoms with Crippen LogP contribution >= 0.6 is 23.4 Å². The van der Waals surface area contributed by atoms with Gasteiger partial charge in [0.15, 0.2) is 0 Å². The Morgan fingerprint density at radius 2 is 2.10 bits per heavy atom. The van der Waals surface area contributed by atoms with Crippen LogP contribution in [0.4, 0.5) is 0 Å². The second-order valence-corrected chi connectivity index (χ2v) is 7.76. The highest BCUT2D eigenvalue weighted by molar-refractivity contribution is 7.98. The molecule has 0 spiro atoms. The molecule has 7 heteroatoms. The first-order valence-electron chi connectivity index (χ1n) is 6.32. The zero-order chi connectivity index (χ0) is 15.2. The van der Waals surface area contributed by atoms with Crippen molar-refractivity contribution in [3.8, 4) is 0 Å². The molecule has 0 fully saturated rings. The van der Waals surface area contributed by atoms with E-state index in [0.717, 1.165) is 11.3 Å². The predicted molar refractivity (Wildman–Crippen MR) is 87.0 cm³/mol. The monoisotopic (exact) mass is 336 g/mol. The van der Waals surface area contributed by atoms with Gasteiger partial charge in [-0.05, 0) is 42.7 Å². The number of thioether (sulfide) groups is 1. The predicted octanol–water partition coefficient (Wildman–Crippen LogP) is 2.34. The van der Waals surface area contributed by atoms with Crippen molar-refractivity contribution in [2.24, 2.45) is 5.92 Å². The maximum atomic E-state index is 12.3. The van der Waals surface area contributed by atoms with Crippen LogP contribution in [0.3, 0.4) is 0 Å². The number of halogens is 1. The molecule has 0 bridgehead atoms. The van der Waals surface area contributed by atoms with E-state index in [1.165, 1.54) is 0 Å². The van der Waals surface area contributed by atoms with Gasteiger partial charge in [0, 0.05) is 13.1 Å². The Morgan fingerprint density at radius 1 is 1.40 bits per heavy atom. The van der Waals surface area contributed by atoms with Crippen LogP contribution in [0.2, 0.25) is 5.02 Å². The average Bonchev–Trinajstić information content (AvgIpc) is 2.39. The van der Waals surface area contributed by atoms with Gasteiger partial charge in [-0.25, -0.2) is 13.1 Å². The van der Waals surface area contributed by atoms with Gasteiger partial charge in [0.2, 0.25) is 10.0 Å². The van der Waals surface area contributed by atoms with Crippen LogP contribution in [-0.4, -0.2) is 34.0 Å². The van der Waals surface area contributed by atoms with Crippen LogP contribution in [0.25, 0.3) is 0 Å². The topological polar surface area (TPSA) is 58.2 Å². The Morgan fingerprint density at radius 3 is 2.70 bits per heavy atom. The minimum Gasteiger partial charge on any atom is -0.316 e. The van der Waals surface area contributed by atoms with Crippen molar-refractivity contribution in [2.75, 3.05) is 25.6 Å². The molecule has 0 radical (unpaired) electrons. The third-order valence-electron chi connectivity index (χ3n) is 2.74. The Kier molecular flexibility index (Phi) is 7.33. The minimum atomic E-state index is -3.56. The first-order valence-corrected chi connectivity index (χ1v) is 9.58. The van der Waals surface area contributed by atoms with Crippen molar-refractivity contribution < 1.29 is 8.42 Å². The SMILES string of the molecule is CNCc1ccc(Cl)c(S(=O)(=O)NCC(C)CSC)c1. The molecule has 114 valence electrons. The van der Waals surface area contributed by atoms with E-state index in [-0.39, 0.29) is 15.8 Å². The Bertz CT molecular complexity index is 535. The average molecular weight is 337 g/mol. The summed E-state index contributed by atoms with van der Waals surface area (Å²) in [5, 5.41) is 3.23. The van der Waals surface area contributed by atoms with Crippen molar-refractivity contribution in [1.82, 2.24) is 10.0 Å². The van der Waals surface area contributed by atoms with E-state index in [1.807, 2.05) is 26.3 Å². The van der Waals surface area contributed by atoms with Crippen molar-refractivity contribution in [2.45, 2.75) is 18.4 Å². The summed E-state index contributed by atoms with van der Waals surface area (Å²) < 4.78 is 27.2. The van der Waals surface area contributed by atoms with Crippen molar-refractivity contribution in [3.05, 3.63) is 28.8 Å². The third-order valence-corrected chi connectivity index (χ3v) is 5.55. The quantitative estimate of drug-likeness (QED) is 0.765. The van der Waals surface area contributed by atoms with Gasteiger partial charge in [-0.15, -0.1) is 0 Å². The lowest BCUT2D eigenvalue weighted by Gasteiger charge is -2.13. The summed E-state index contributed by atoms with van der Waals surface area (Å²) >= 11 is 7.71. The Labute approximate surface area is 130 Å². The lowest BCUT2D eigenvalue weighted by Crippen LogP contribution is -2.29. The summed E-state index contributed by atoms with van der Waals surface area (Å²) in [6.45, 7) is 3.02. The largest absolute Gasteiger partial charge is 0.316 e. The van der Waals surface area contributed by atoms with E-state index in [9.17, 15) is 8.42 Å². The molecular formula is C13H21ClN2O2S2. The molecule has 0 aromatic heterocycles. The van der Waals surface area contributed by atoms with Crippen molar-refractivity contribution in [3.63, 3.8) is 0 Å². The molecule has 0 saturated carbocycles. The number of hydrogen-bond donors (Lipinski definition) is 2. The molecule has 20 heavy (non-hydrogen) atoms. The fourth-order valence-electron chi connectivity index (χ4n) is 1.74. The highest BCUT2D eigenvalue weighted by Gasteiger charge is 2.19. The fraction of sp³-hybridized carbons (Fsp3) is 0.538. The van der Waals surface area contributed by atoms with Gasteiger partial charge in [0.05, 0.1) is 5.02 Å². The van der Waals surface area contributed by atoms with E-state index in [4.69, 9.17) is 11.6 Å². The molecule has 1 unspecified atom stereocenters. The third kappa shape index (κ3) is 5.26. The number of sulfonamides is 1. The van der Waals surface area contributed by atoms with Crippen LogP contribution in [0.5, 0.6) is 0 Å². The first-order chi connectivity index (χ1) is 9.40. The summed E-state index contributed by atoms with van der Waals surface area (Å²) in [5.41, 5.74) is 0.884. The number of rotatable bonds is 8. The van der Waals surface area contributed by atoms with Crippen LogP contribution in [0.15, 0.2) is 23.1 Å². The molecule has 0 heterocycles. The Balaban J connectivity index is 2.88. The molecule has 1 rings (SSSR count). The molecule has 0 aliphatic heterocycles. The lowest BCUT2D eigenvalue weighted by molar-refractivity contribution is 0.562. The molecule has 1 aromatic carbocycles. The maximum absolute atomic E-state index is 12.3. The van der Waals surface area contributed by atoms with Gasteiger partial charge in [0.1, 0.15) is 4.90 Å². The zero-order valence-electron chi connectivity index (χ0n) is 11.9. The van der Waals surface area contributed by atoms with Crippen LogP contribution < -0.4 is 10.0 Å². The molecule has 4 nitrogen and oxygen atoms in total. The molecule has 2 N–H and O–H groups in total. The molecule has 1 atom stereocenters. The second-order valence-electron chi connectivity index (χ2n) is 4.71. The molecule has 0 saturated heterocycles. The van der Waals surface area contributed by atoms with Crippen molar-refractivity contribution >= 4 is 33.4 Å². The van der Waals surface area contributed by atoms with Crippen LogP contribution in [0, 0.1) is 5.92 Å². The minimum absolute atomic E-state index is 0.142. The van der Waals surface area contributed by atoms with Crippen LogP contribution in [-0.2, 0) is 16.6 Å². The van der Waals surface area contributed by atoms with E-state index in [2.05, 4.69) is 10.0 Å². The number of nitrogens with one attached hydrogen (secondary N) is 2. The summed E-state index contributed by atoms with van der Waals surface area (Å²) in [4.78, 5) is 0.142. The normalized spacial score (nSPS) is 13.4. The lowest BCUT2D eigenvalue weighted by atomic mass is 10.2. The second kappa shape index (κ2) is 8.24. The maximum Gasteiger partial charge on any atom is 0.242 e. The van der Waals surface area contributed by atoms with E-state index in [0.29, 0.717) is 13.1 Å². The molecular weight excluding hydrogens is 316 g/mol. The zero-order valence-corrected chi connectivity index (χ0v) is 14.3. The van der Waals surface area contributed by atoms with E-state index < -0.39 is 10.0 Å². The van der Waals surface area contributed by atoms with Crippen molar-refractivity contribution in [1.29, 1.82) is 0 Å². The molecule has 0 amide bonds. The summed E-state index contributed by atoms with van der Waals surface area (Å²) in [6.07, 6.45) is 2.00. The van der Waals surface area contributed by atoms with Gasteiger partial charge >= 0.3 is 0 Å². The van der Waals surface area contributed by atoms with Gasteiger partial charge in [-0.3, -0.25) is 0 Å². The Hall–Kier alpha value is -0.270. The summed E-state index contributed by atoms with van der Waals surface area (Å²) in [7, 11) is -1.75. The molecule has 0 aliphatic rings. The van der Waals surface area contributed by atoms with E-state index >= 15 is 0 Å². The highest BCUT2D eigenvalue weighted by Crippen LogP contribution is 2.22. The van der Waals surface area contributed by atoms with Crippen LogP contribution in [0.1, 0.15) is 12.5 Å². The number of benzene rings is 1. The van der Waals surface area contributed by atoms with Gasteiger partial charge in [-0.2, -0.15) is 11.8 Å². The molecule has 1 aromatic rings. The summed E-state index contributed by atoms with van der Waals surface area (Å²) in [6, 6.07) is 5.04. The van der Waals surface area contributed by atoms with Gasteiger partial charge in [0.25, 0.3) is 0 Å². The number of hydrogen-bond acceptors (Lipinski definition) is 4. The molecule has 0 aliphatic carbocycles.